The molecule has 1 unspecified atom stereocenters. The summed E-state index contributed by atoms with van der Waals surface area (Å²) in [6.07, 6.45) is 0. The Morgan fingerprint density at radius 2 is 2.25 bits per heavy atom. The number of ether oxygens (including phenoxy) is 1. The number of nitrogens with two attached hydrogens (primary N) is 1. The smallest absolute Gasteiger partial charge is 0.119 e. The SMILES string of the molecule is CCSCC(NN)c1ccc(OC)cc1C. The average Bonchev–Trinajstić information content (AvgIpc) is 2.31. The predicted octanol–water partition coefficient (Wildman–Crippen LogP) is 2.26. The summed E-state index contributed by atoms with van der Waals surface area (Å²) in [4.78, 5) is 0. The topological polar surface area (TPSA) is 47.3 Å². The molecule has 0 aliphatic rings. The number of hydrogen-bond donors (Lipinski definition) is 2. The van der Waals surface area contributed by atoms with Crippen LogP contribution in [-0.4, -0.2) is 18.6 Å². The van der Waals surface area contributed by atoms with Crippen molar-refractivity contribution >= 4 is 11.8 Å². The maximum Gasteiger partial charge on any atom is 0.119 e. The van der Waals surface area contributed by atoms with Gasteiger partial charge in [-0.15, -0.1) is 0 Å². The molecule has 16 heavy (non-hydrogen) atoms. The highest BCUT2D eigenvalue weighted by atomic mass is 32.2. The minimum Gasteiger partial charge on any atom is -0.497 e. The molecule has 0 fully saturated rings. The number of nitrogens with one attached hydrogen (secondary N) is 1. The molecule has 0 aliphatic heterocycles. The van der Waals surface area contributed by atoms with Crippen molar-refractivity contribution in [2.75, 3.05) is 18.6 Å². The lowest BCUT2D eigenvalue weighted by Gasteiger charge is -2.18. The number of hydrogen-bond acceptors (Lipinski definition) is 4. The summed E-state index contributed by atoms with van der Waals surface area (Å²) in [6.45, 7) is 4.23. The van der Waals surface area contributed by atoms with E-state index >= 15 is 0 Å². The first-order valence-electron chi connectivity index (χ1n) is 5.41. The molecule has 3 N–H and O–H groups in total. The molecule has 0 aliphatic carbocycles. The lowest BCUT2D eigenvalue weighted by molar-refractivity contribution is 0.414. The van der Waals surface area contributed by atoms with E-state index in [0.717, 1.165) is 17.3 Å². The van der Waals surface area contributed by atoms with Crippen molar-refractivity contribution in [2.45, 2.75) is 19.9 Å². The van der Waals surface area contributed by atoms with Crippen molar-refractivity contribution in [1.29, 1.82) is 0 Å². The predicted molar refractivity (Wildman–Crippen MR) is 70.8 cm³/mol. The van der Waals surface area contributed by atoms with Gasteiger partial charge >= 0.3 is 0 Å². The molecule has 1 atom stereocenters. The summed E-state index contributed by atoms with van der Waals surface area (Å²) < 4.78 is 5.19. The van der Waals surface area contributed by atoms with Crippen LogP contribution in [0.1, 0.15) is 24.1 Å². The Bertz CT molecular complexity index is 331. The monoisotopic (exact) mass is 240 g/mol. The van der Waals surface area contributed by atoms with Crippen LogP contribution < -0.4 is 16.0 Å². The number of thioether (sulfide) groups is 1. The van der Waals surface area contributed by atoms with E-state index in [4.69, 9.17) is 10.6 Å². The number of methoxy groups -OCH3 is 1. The number of rotatable bonds is 6. The van der Waals surface area contributed by atoms with Crippen LogP contribution in [-0.2, 0) is 0 Å². The zero-order valence-corrected chi connectivity index (χ0v) is 10.9. The Hall–Kier alpha value is -0.710. The molecule has 0 aromatic heterocycles. The lowest BCUT2D eigenvalue weighted by atomic mass is 10.0. The molecule has 1 aromatic rings. The zero-order valence-electron chi connectivity index (χ0n) is 10.1. The van der Waals surface area contributed by atoms with Crippen molar-refractivity contribution in [3.05, 3.63) is 29.3 Å². The molecule has 0 bridgehead atoms. The van der Waals surface area contributed by atoms with Crippen LogP contribution in [0.25, 0.3) is 0 Å². The third-order valence-corrected chi connectivity index (χ3v) is 3.52. The van der Waals surface area contributed by atoms with E-state index < -0.39 is 0 Å². The van der Waals surface area contributed by atoms with Crippen LogP contribution >= 0.6 is 11.8 Å². The van der Waals surface area contributed by atoms with Gasteiger partial charge in [-0.1, -0.05) is 13.0 Å². The van der Waals surface area contributed by atoms with E-state index in [2.05, 4.69) is 25.3 Å². The maximum atomic E-state index is 5.59. The first-order chi connectivity index (χ1) is 7.72. The molecule has 0 amide bonds. The highest BCUT2D eigenvalue weighted by Crippen LogP contribution is 2.24. The van der Waals surface area contributed by atoms with E-state index in [1.807, 2.05) is 23.9 Å². The largest absolute Gasteiger partial charge is 0.497 e. The van der Waals surface area contributed by atoms with Gasteiger partial charge in [0.05, 0.1) is 13.2 Å². The summed E-state index contributed by atoms with van der Waals surface area (Å²) >= 11 is 1.88. The standard InChI is InChI=1S/C12H20N2OS/c1-4-16-8-12(14-13)11-6-5-10(15-3)7-9(11)2/h5-7,12,14H,4,8,13H2,1-3H3. The Morgan fingerprint density at radius 1 is 1.50 bits per heavy atom. The molecular formula is C12H20N2OS. The van der Waals surface area contributed by atoms with Gasteiger partial charge in [0.1, 0.15) is 5.75 Å². The molecule has 3 nitrogen and oxygen atoms in total. The van der Waals surface area contributed by atoms with E-state index in [9.17, 15) is 0 Å². The molecule has 0 saturated heterocycles. The molecular weight excluding hydrogens is 220 g/mol. The van der Waals surface area contributed by atoms with Gasteiger partial charge in [0, 0.05) is 5.75 Å². The summed E-state index contributed by atoms with van der Waals surface area (Å²) in [5.74, 6) is 8.57. The second-order valence-electron chi connectivity index (χ2n) is 3.60. The van der Waals surface area contributed by atoms with Crippen LogP contribution in [0.4, 0.5) is 0 Å². The minimum absolute atomic E-state index is 0.204. The third kappa shape index (κ3) is 3.40. The molecule has 0 spiro atoms. The summed E-state index contributed by atoms with van der Waals surface area (Å²) in [5.41, 5.74) is 5.32. The van der Waals surface area contributed by atoms with Gasteiger partial charge in [-0.2, -0.15) is 11.8 Å². The normalized spacial score (nSPS) is 12.5. The zero-order chi connectivity index (χ0) is 12.0. The fraction of sp³-hybridized carbons (Fsp3) is 0.500. The van der Waals surface area contributed by atoms with Gasteiger partial charge in [0.25, 0.3) is 0 Å². The Balaban J connectivity index is 2.83. The first-order valence-corrected chi connectivity index (χ1v) is 6.56. The maximum absolute atomic E-state index is 5.59. The second-order valence-corrected chi connectivity index (χ2v) is 4.92. The van der Waals surface area contributed by atoms with Crippen molar-refractivity contribution in [2.24, 2.45) is 5.84 Å². The van der Waals surface area contributed by atoms with Crippen molar-refractivity contribution in [3.63, 3.8) is 0 Å². The van der Waals surface area contributed by atoms with Crippen LogP contribution in [0.3, 0.4) is 0 Å². The molecule has 0 radical (unpaired) electrons. The number of hydrazine groups is 1. The number of aryl methyl sites for hydroxylation is 1. The van der Waals surface area contributed by atoms with Gasteiger partial charge in [0.15, 0.2) is 0 Å². The van der Waals surface area contributed by atoms with Crippen molar-refractivity contribution in [1.82, 2.24) is 5.43 Å². The molecule has 1 aromatic carbocycles. The molecule has 90 valence electrons. The highest BCUT2D eigenvalue weighted by molar-refractivity contribution is 7.99. The summed E-state index contributed by atoms with van der Waals surface area (Å²) in [6, 6.07) is 6.30. The first kappa shape index (κ1) is 13.4. The summed E-state index contributed by atoms with van der Waals surface area (Å²) in [7, 11) is 1.68. The van der Waals surface area contributed by atoms with E-state index in [1.165, 1.54) is 11.1 Å². The fourth-order valence-corrected chi connectivity index (χ4v) is 2.38. The third-order valence-electron chi connectivity index (χ3n) is 2.54. The minimum atomic E-state index is 0.204. The van der Waals surface area contributed by atoms with Crippen LogP contribution in [0, 0.1) is 6.92 Å². The van der Waals surface area contributed by atoms with Gasteiger partial charge < -0.3 is 4.74 Å². The highest BCUT2D eigenvalue weighted by Gasteiger charge is 2.12. The van der Waals surface area contributed by atoms with Crippen LogP contribution in [0.2, 0.25) is 0 Å². The van der Waals surface area contributed by atoms with Crippen LogP contribution in [0.5, 0.6) is 5.75 Å². The van der Waals surface area contributed by atoms with Crippen molar-refractivity contribution in [3.8, 4) is 5.75 Å². The average molecular weight is 240 g/mol. The molecule has 1 rings (SSSR count). The lowest BCUT2D eigenvalue weighted by Crippen LogP contribution is -2.30. The fourth-order valence-electron chi connectivity index (χ4n) is 1.63. The van der Waals surface area contributed by atoms with Crippen molar-refractivity contribution < 1.29 is 4.74 Å². The van der Waals surface area contributed by atoms with Gasteiger partial charge in [-0.05, 0) is 35.9 Å². The van der Waals surface area contributed by atoms with E-state index in [1.54, 1.807) is 7.11 Å². The van der Waals surface area contributed by atoms with Gasteiger partial charge in [-0.25, -0.2) is 0 Å². The van der Waals surface area contributed by atoms with E-state index in [-0.39, 0.29) is 6.04 Å². The Kier molecular flexibility index (Phi) is 5.66. The Labute approximate surface area is 102 Å². The van der Waals surface area contributed by atoms with E-state index in [0.29, 0.717) is 0 Å². The molecule has 0 saturated carbocycles. The van der Waals surface area contributed by atoms with Gasteiger partial charge in [0.2, 0.25) is 0 Å². The number of benzene rings is 1. The molecule has 4 heteroatoms. The Morgan fingerprint density at radius 3 is 2.75 bits per heavy atom. The summed E-state index contributed by atoms with van der Waals surface area (Å²) in [5, 5.41) is 0. The quantitative estimate of drug-likeness (QED) is 0.591. The molecule has 0 heterocycles. The second kappa shape index (κ2) is 6.78. The van der Waals surface area contributed by atoms with Crippen LogP contribution in [0.15, 0.2) is 18.2 Å². The van der Waals surface area contributed by atoms with Gasteiger partial charge in [-0.3, -0.25) is 11.3 Å².